The monoisotopic (exact) mass is 491 g/mol. The van der Waals surface area contributed by atoms with Gasteiger partial charge in [-0.05, 0) is 54.0 Å². The number of aryl methyl sites for hydroxylation is 1. The maximum absolute atomic E-state index is 13.8. The number of methoxy groups -OCH3 is 4. The highest BCUT2D eigenvalue weighted by atomic mass is 32.1. The van der Waals surface area contributed by atoms with Gasteiger partial charge in [-0.2, -0.15) is 0 Å². The Morgan fingerprint density at radius 2 is 1.66 bits per heavy atom. The van der Waals surface area contributed by atoms with Crippen LogP contribution in [0, 0.1) is 6.92 Å². The van der Waals surface area contributed by atoms with Gasteiger partial charge in [0, 0.05) is 46.0 Å². The van der Waals surface area contributed by atoms with Gasteiger partial charge in [0.1, 0.15) is 11.5 Å². The van der Waals surface area contributed by atoms with E-state index in [1.807, 2.05) is 30.3 Å². The molecule has 35 heavy (non-hydrogen) atoms. The van der Waals surface area contributed by atoms with E-state index < -0.39 is 0 Å². The van der Waals surface area contributed by atoms with Gasteiger partial charge in [0.25, 0.3) is 0 Å². The summed E-state index contributed by atoms with van der Waals surface area (Å²) in [6.07, 6.45) is 1.15. The van der Waals surface area contributed by atoms with Crippen molar-refractivity contribution in [3.63, 3.8) is 0 Å². The van der Waals surface area contributed by atoms with Crippen molar-refractivity contribution < 1.29 is 23.7 Å². The molecule has 2 heterocycles. The van der Waals surface area contributed by atoms with Crippen molar-refractivity contribution >= 4 is 22.8 Å². The van der Waals surface area contributed by atoms with E-state index in [9.17, 15) is 4.79 Å². The predicted octanol–water partition coefficient (Wildman–Crippen LogP) is 6.05. The Labute approximate surface area is 209 Å². The van der Waals surface area contributed by atoms with Crippen molar-refractivity contribution in [2.45, 2.75) is 31.6 Å². The van der Waals surface area contributed by atoms with E-state index in [4.69, 9.17) is 18.9 Å². The lowest BCUT2D eigenvalue weighted by molar-refractivity contribution is -0.116. The average molecular weight is 492 g/mol. The molecular weight excluding hydrogens is 462 g/mol. The summed E-state index contributed by atoms with van der Waals surface area (Å²) in [5.41, 5.74) is 5.92. The van der Waals surface area contributed by atoms with Crippen LogP contribution in [0.15, 0.2) is 53.0 Å². The summed E-state index contributed by atoms with van der Waals surface area (Å²) in [6, 6.07) is 11.9. The molecule has 0 radical (unpaired) electrons. The van der Waals surface area contributed by atoms with Crippen LogP contribution in [-0.4, -0.2) is 34.2 Å². The van der Waals surface area contributed by atoms with Gasteiger partial charge in [-0.3, -0.25) is 4.79 Å². The molecule has 0 bridgehead atoms. The number of ketones is 1. The SMILES string of the molecule is COc1cc2c(c(OC)c1)[C@H](c1sccc1C)C1=C(C[C@@H](c3ccc(OC)c(OC)c3)CC1=O)N2. The summed E-state index contributed by atoms with van der Waals surface area (Å²) in [4.78, 5) is 15.0. The van der Waals surface area contributed by atoms with Gasteiger partial charge in [-0.15, -0.1) is 11.3 Å². The van der Waals surface area contributed by atoms with Gasteiger partial charge in [-0.25, -0.2) is 0 Å². The quantitative estimate of drug-likeness (QED) is 0.453. The second-order valence-corrected chi connectivity index (χ2v) is 9.80. The molecule has 1 aromatic heterocycles. The van der Waals surface area contributed by atoms with E-state index in [2.05, 4.69) is 23.7 Å². The number of nitrogens with one attached hydrogen (secondary N) is 1. The number of benzene rings is 2. The molecule has 7 heteroatoms. The fraction of sp³-hybridized carbons (Fsp3) is 0.321. The second kappa shape index (κ2) is 9.30. The second-order valence-electron chi connectivity index (χ2n) is 8.85. The molecule has 1 aliphatic carbocycles. The van der Waals surface area contributed by atoms with Gasteiger partial charge in [0.2, 0.25) is 0 Å². The Kier molecular flexibility index (Phi) is 6.19. The number of allylic oxidation sites excluding steroid dienone is 2. The first kappa shape index (κ1) is 23.3. The predicted molar refractivity (Wildman–Crippen MR) is 138 cm³/mol. The lowest BCUT2D eigenvalue weighted by Crippen LogP contribution is -2.30. The van der Waals surface area contributed by atoms with E-state index in [0.29, 0.717) is 29.4 Å². The maximum atomic E-state index is 13.8. The highest BCUT2D eigenvalue weighted by Gasteiger charge is 2.41. The third-order valence-electron chi connectivity index (χ3n) is 6.98. The zero-order valence-electron chi connectivity index (χ0n) is 20.6. The third kappa shape index (κ3) is 3.93. The van der Waals surface area contributed by atoms with Crippen LogP contribution in [0.5, 0.6) is 23.0 Å². The van der Waals surface area contributed by atoms with Crippen molar-refractivity contribution in [3.8, 4) is 23.0 Å². The van der Waals surface area contributed by atoms with Crippen molar-refractivity contribution in [2.24, 2.45) is 0 Å². The molecule has 5 rings (SSSR count). The third-order valence-corrected chi connectivity index (χ3v) is 8.07. The number of thiophene rings is 1. The molecule has 0 saturated heterocycles. The van der Waals surface area contributed by atoms with E-state index in [1.54, 1.807) is 39.8 Å². The number of rotatable bonds is 6. The molecule has 0 saturated carbocycles. The molecule has 2 aromatic carbocycles. The number of hydrogen-bond acceptors (Lipinski definition) is 7. The van der Waals surface area contributed by atoms with Crippen LogP contribution in [0.1, 0.15) is 46.2 Å². The Hall–Kier alpha value is -3.45. The van der Waals surface area contributed by atoms with Gasteiger partial charge >= 0.3 is 0 Å². The fourth-order valence-electron chi connectivity index (χ4n) is 5.27. The molecular formula is C28H29NO5S. The minimum atomic E-state index is -0.180. The first-order valence-electron chi connectivity index (χ1n) is 11.5. The van der Waals surface area contributed by atoms with Crippen LogP contribution in [0.3, 0.4) is 0 Å². The molecule has 0 unspecified atom stereocenters. The Bertz CT molecular complexity index is 1320. The number of Topliss-reactive ketones (excluding diaryl/α,β-unsaturated/α-hetero) is 1. The highest BCUT2D eigenvalue weighted by Crippen LogP contribution is 2.53. The molecule has 1 N–H and O–H groups in total. The molecule has 0 spiro atoms. The van der Waals surface area contributed by atoms with Crippen molar-refractivity contribution in [3.05, 3.63) is 74.6 Å². The van der Waals surface area contributed by atoms with Crippen LogP contribution < -0.4 is 24.3 Å². The number of fused-ring (bicyclic) bond motifs is 1. The van der Waals surface area contributed by atoms with Crippen LogP contribution >= 0.6 is 11.3 Å². The Morgan fingerprint density at radius 1 is 0.886 bits per heavy atom. The molecule has 6 nitrogen and oxygen atoms in total. The Balaban J connectivity index is 1.63. The minimum Gasteiger partial charge on any atom is -0.497 e. The molecule has 1 aliphatic heterocycles. The maximum Gasteiger partial charge on any atom is 0.162 e. The van der Waals surface area contributed by atoms with E-state index in [-0.39, 0.29) is 17.6 Å². The minimum absolute atomic E-state index is 0.0349. The lowest BCUT2D eigenvalue weighted by atomic mass is 9.73. The summed E-state index contributed by atoms with van der Waals surface area (Å²) in [5.74, 6) is 2.77. The summed E-state index contributed by atoms with van der Waals surface area (Å²) in [6.45, 7) is 2.10. The summed E-state index contributed by atoms with van der Waals surface area (Å²) in [7, 11) is 6.56. The molecule has 2 atom stereocenters. The summed E-state index contributed by atoms with van der Waals surface area (Å²) < 4.78 is 22.3. The number of ether oxygens (including phenoxy) is 4. The summed E-state index contributed by atoms with van der Waals surface area (Å²) >= 11 is 1.68. The first-order valence-corrected chi connectivity index (χ1v) is 12.4. The number of anilines is 1. The smallest absolute Gasteiger partial charge is 0.162 e. The van der Waals surface area contributed by atoms with Crippen molar-refractivity contribution in [2.75, 3.05) is 33.8 Å². The molecule has 0 amide bonds. The van der Waals surface area contributed by atoms with Gasteiger partial charge < -0.3 is 24.3 Å². The van der Waals surface area contributed by atoms with E-state index in [0.717, 1.165) is 34.5 Å². The molecule has 2 aliphatic rings. The average Bonchev–Trinajstić information content (AvgIpc) is 3.31. The van der Waals surface area contributed by atoms with Crippen LogP contribution in [0.4, 0.5) is 5.69 Å². The lowest BCUT2D eigenvalue weighted by Gasteiger charge is -2.37. The molecule has 0 fully saturated rings. The first-order chi connectivity index (χ1) is 17.0. The molecule has 182 valence electrons. The highest BCUT2D eigenvalue weighted by molar-refractivity contribution is 7.10. The van der Waals surface area contributed by atoms with Crippen molar-refractivity contribution in [1.82, 2.24) is 0 Å². The van der Waals surface area contributed by atoms with E-state index >= 15 is 0 Å². The van der Waals surface area contributed by atoms with Gasteiger partial charge in [-0.1, -0.05) is 6.07 Å². The van der Waals surface area contributed by atoms with Crippen LogP contribution in [-0.2, 0) is 4.79 Å². The fourth-order valence-corrected chi connectivity index (χ4v) is 6.31. The van der Waals surface area contributed by atoms with Gasteiger partial charge in [0.05, 0.1) is 34.4 Å². The van der Waals surface area contributed by atoms with E-state index in [1.165, 1.54) is 10.4 Å². The molecule has 3 aromatic rings. The normalized spacial score (nSPS) is 18.9. The largest absolute Gasteiger partial charge is 0.497 e. The standard InChI is InChI=1S/C28H29NO5S/c1-15-8-9-35-28(15)27-25-19(29-20-13-18(31-2)14-24(34-5)26(20)27)10-17(11-21(25)30)16-6-7-22(32-3)23(12-16)33-4/h6-9,12-14,17,27,29H,10-11H2,1-5H3/t17-,27-/m1/s1. The number of carbonyl (C=O) groups excluding carboxylic acids is 1. The Morgan fingerprint density at radius 3 is 2.31 bits per heavy atom. The number of hydrogen-bond donors (Lipinski definition) is 1. The summed E-state index contributed by atoms with van der Waals surface area (Å²) in [5, 5.41) is 5.67. The topological polar surface area (TPSA) is 66.0 Å². The van der Waals surface area contributed by atoms with Crippen molar-refractivity contribution in [1.29, 1.82) is 0 Å². The zero-order valence-corrected chi connectivity index (χ0v) is 21.4. The van der Waals surface area contributed by atoms with Gasteiger partial charge in [0.15, 0.2) is 17.3 Å². The zero-order chi connectivity index (χ0) is 24.7. The van der Waals surface area contributed by atoms with Crippen LogP contribution in [0.25, 0.3) is 0 Å². The van der Waals surface area contributed by atoms with Crippen LogP contribution in [0.2, 0.25) is 0 Å². The number of carbonyl (C=O) groups is 1.